The molecule has 100 valence electrons. The number of anilines is 2. The minimum atomic E-state index is 0.0619. The van der Waals surface area contributed by atoms with E-state index in [9.17, 15) is 4.79 Å². The Morgan fingerprint density at radius 1 is 1.44 bits per heavy atom. The van der Waals surface area contributed by atoms with Gasteiger partial charge in [-0.3, -0.25) is 4.79 Å². The highest BCUT2D eigenvalue weighted by molar-refractivity contribution is 9.10. The Balaban J connectivity index is 2.31. The van der Waals surface area contributed by atoms with Gasteiger partial charge < -0.3 is 16.4 Å². The quantitative estimate of drug-likeness (QED) is 0.707. The van der Waals surface area contributed by atoms with Crippen LogP contribution in [0.4, 0.5) is 11.4 Å². The molecule has 1 aromatic rings. The zero-order valence-corrected chi connectivity index (χ0v) is 12.4. The molecule has 1 aromatic carbocycles. The van der Waals surface area contributed by atoms with Crippen LogP contribution in [0.25, 0.3) is 0 Å². The third-order valence-electron chi connectivity index (χ3n) is 2.39. The van der Waals surface area contributed by atoms with Crippen molar-refractivity contribution in [2.24, 2.45) is 5.92 Å². The van der Waals surface area contributed by atoms with E-state index in [-0.39, 0.29) is 5.91 Å². The first-order chi connectivity index (χ1) is 8.49. The maximum absolute atomic E-state index is 11.5. The van der Waals surface area contributed by atoms with Gasteiger partial charge in [0.25, 0.3) is 0 Å². The second-order valence-corrected chi connectivity index (χ2v) is 5.52. The van der Waals surface area contributed by atoms with Gasteiger partial charge in [0.15, 0.2) is 0 Å². The Morgan fingerprint density at radius 2 is 2.17 bits per heavy atom. The number of carbonyl (C=O) groups is 1. The molecule has 0 spiro atoms. The first-order valence-electron chi connectivity index (χ1n) is 6.04. The van der Waals surface area contributed by atoms with Gasteiger partial charge in [0.05, 0.1) is 11.4 Å². The van der Waals surface area contributed by atoms with Crippen LogP contribution in [0.3, 0.4) is 0 Å². The number of rotatable bonds is 6. The normalized spacial score (nSPS) is 10.4. The fourth-order valence-electron chi connectivity index (χ4n) is 1.41. The average Bonchev–Trinajstić information content (AvgIpc) is 2.29. The van der Waals surface area contributed by atoms with Crippen molar-refractivity contribution < 1.29 is 4.79 Å². The van der Waals surface area contributed by atoms with Gasteiger partial charge in [-0.1, -0.05) is 29.8 Å². The van der Waals surface area contributed by atoms with E-state index >= 15 is 0 Å². The third kappa shape index (κ3) is 5.40. The molecule has 4 N–H and O–H groups in total. The summed E-state index contributed by atoms with van der Waals surface area (Å²) in [6.07, 6.45) is 0.447. The van der Waals surface area contributed by atoms with Gasteiger partial charge in [-0.05, 0) is 24.1 Å². The van der Waals surface area contributed by atoms with E-state index in [2.05, 4.69) is 40.4 Å². The molecule has 4 nitrogen and oxygen atoms in total. The lowest BCUT2D eigenvalue weighted by Crippen LogP contribution is -2.28. The second-order valence-electron chi connectivity index (χ2n) is 4.61. The highest BCUT2D eigenvalue weighted by atomic mass is 79.9. The minimum absolute atomic E-state index is 0.0619. The third-order valence-corrected chi connectivity index (χ3v) is 2.88. The fraction of sp³-hybridized carbons (Fsp3) is 0.462. The monoisotopic (exact) mass is 313 g/mol. The van der Waals surface area contributed by atoms with Crippen LogP contribution in [0.5, 0.6) is 0 Å². The van der Waals surface area contributed by atoms with Gasteiger partial charge in [-0.25, -0.2) is 0 Å². The van der Waals surface area contributed by atoms with Crippen molar-refractivity contribution in [2.45, 2.75) is 20.3 Å². The van der Waals surface area contributed by atoms with Crippen molar-refractivity contribution in [1.29, 1.82) is 0 Å². The van der Waals surface area contributed by atoms with Crippen LogP contribution in [0.1, 0.15) is 20.3 Å². The molecule has 0 fully saturated rings. The minimum Gasteiger partial charge on any atom is -0.397 e. The summed E-state index contributed by atoms with van der Waals surface area (Å²) in [6.45, 7) is 5.44. The van der Waals surface area contributed by atoms with Crippen molar-refractivity contribution >= 4 is 33.2 Å². The number of halogens is 1. The molecule has 0 bridgehead atoms. The molecule has 1 amide bonds. The number of nitrogen functional groups attached to an aromatic ring is 1. The lowest BCUT2D eigenvalue weighted by Gasteiger charge is -2.10. The van der Waals surface area contributed by atoms with Crippen molar-refractivity contribution in [3.05, 3.63) is 22.7 Å². The molecule has 1 rings (SSSR count). The van der Waals surface area contributed by atoms with Crippen LogP contribution in [-0.2, 0) is 4.79 Å². The van der Waals surface area contributed by atoms with Crippen LogP contribution in [0.2, 0.25) is 0 Å². The number of amides is 1. The van der Waals surface area contributed by atoms with Crippen LogP contribution < -0.4 is 16.4 Å². The van der Waals surface area contributed by atoms with Gasteiger partial charge >= 0.3 is 0 Å². The van der Waals surface area contributed by atoms with Gasteiger partial charge in [-0.2, -0.15) is 0 Å². The van der Waals surface area contributed by atoms with Gasteiger partial charge in [0.1, 0.15) is 0 Å². The van der Waals surface area contributed by atoms with Crippen LogP contribution in [0, 0.1) is 5.92 Å². The van der Waals surface area contributed by atoms with E-state index in [0.717, 1.165) is 16.7 Å². The summed E-state index contributed by atoms with van der Waals surface area (Å²) >= 11 is 3.35. The average molecular weight is 314 g/mol. The Bertz CT molecular complexity index is 407. The molecule has 5 heteroatoms. The lowest BCUT2D eigenvalue weighted by molar-refractivity contribution is -0.120. The van der Waals surface area contributed by atoms with Crippen molar-refractivity contribution in [2.75, 3.05) is 24.1 Å². The molecule has 0 radical (unpaired) electrons. The second kappa shape index (κ2) is 7.26. The van der Waals surface area contributed by atoms with E-state index in [0.29, 0.717) is 24.6 Å². The number of nitrogens with one attached hydrogen (secondary N) is 2. The van der Waals surface area contributed by atoms with E-state index in [1.807, 2.05) is 18.2 Å². The zero-order chi connectivity index (χ0) is 13.5. The van der Waals surface area contributed by atoms with Gasteiger partial charge in [-0.15, -0.1) is 0 Å². The highest BCUT2D eigenvalue weighted by Crippen LogP contribution is 2.22. The standard InChI is InChI=1S/C13H20BrN3O/c1-9(2)8-17-13(18)5-6-16-12-4-3-10(14)7-11(12)15/h3-4,7,9,16H,5-6,8,15H2,1-2H3,(H,17,18). The fourth-order valence-corrected chi connectivity index (χ4v) is 1.79. The molecule has 0 aromatic heterocycles. The molecule has 0 saturated heterocycles. The summed E-state index contributed by atoms with van der Waals surface area (Å²) in [6, 6.07) is 5.64. The van der Waals surface area contributed by atoms with Crippen LogP contribution in [-0.4, -0.2) is 19.0 Å². The van der Waals surface area contributed by atoms with Gasteiger partial charge in [0, 0.05) is 24.0 Å². The summed E-state index contributed by atoms with van der Waals surface area (Å²) in [4.78, 5) is 11.5. The first-order valence-corrected chi connectivity index (χ1v) is 6.84. The summed E-state index contributed by atoms with van der Waals surface area (Å²) in [5.74, 6) is 0.538. The van der Waals surface area contributed by atoms with Gasteiger partial charge in [0.2, 0.25) is 5.91 Å². The maximum Gasteiger partial charge on any atom is 0.221 e. The first kappa shape index (κ1) is 14.8. The van der Waals surface area contributed by atoms with E-state index in [1.54, 1.807) is 0 Å². The molecule has 18 heavy (non-hydrogen) atoms. The molecule has 0 aliphatic heterocycles. The topological polar surface area (TPSA) is 67.2 Å². The summed E-state index contributed by atoms with van der Waals surface area (Å²) in [5, 5.41) is 6.03. The molecule has 0 heterocycles. The van der Waals surface area contributed by atoms with Crippen molar-refractivity contribution in [3.8, 4) is 0 Å². The molecule has 0 aliphatic carbocycles. The van der Waals surface area contributed by atoms with Crippen molar-refractivity contribution in [1.82, 2.24) is 5.32 Å². The number of hydrogen-bond donors (Lipinski definition) is 3. The zero-order valence-electron chi connectivity index (χ0n) is 10.8. The largest absolute Gasteiger partial charge is 0.397 e. The van der Waals surface area contributed by atoms with Crippen molar-refractivity contribution in [3.63, 3.8) is 0 Å². The molecule has 0 saturated carbocycles. The van der Waals surface area contributed by atoms with E-state index in [1.165, 1.54) is 0 Å². The molecular formula is C13H20BrN3O. The molecule has 0 atom stereocenters. The van der Waals surface area contributed by atoms with Crippen LogP contribution in [0.15, 0.2) is 22.7 Å². The Labute approximate surface area is 116 Å². The van der Waals surface area contributed by atoms with E-state index in [4.69, 9.17) is 5.73 Å². The highest BCUT2D eigenvalue weighted by Gasteiger charge is 2.03. The van der Waals surface area contributed by atoms with E-state index < -0.39 is 0 Å². The molecule has 0 aliphatic rings. The summed E-state index contributed by atoms with van der Waals surface area (Å²) < 4.78 is 0.945. The SMILES string of the molecule is CC(C)CNC(=O)CCNc1ccc(Br)cc1N. The molecular weight excluding hydrogens is 294 g/mol. The number of benzene rings is 1. The Kier molecular flexibility index (Phi) is 5.98. The smallest absolute Gasteiger partial charge is 0.221 e. The number of carbonyl (C=O) groups excluding carboxylic acids is 1. The maximum atomic E-state index is 11.5. The number of nitrogens with two attached hydrogens (primary N) is 1. The molecule has 0 unspecified atom stereocenters. The summed E-state index contributed by atoms with van der Waals surface area (Å²) in [7, 11) is 0. The predicted octanol–water partition coefficient (Wildman–Crippen LogP) is 2.61. The Hall–Kier alpha value is -1.23. The lowest BCUT2D eigenvalue weighted by atomic mass is 10.2. The number of hydrogen-bond acceptors (Lipinski definition) is 3. The predicted molar refractivity (Wildman–Crippen MR) is 79.5 cm³/mol. The van der Waals surface area contributed by atoms with Crippen LogP contribution >= 0.6 is 15.9 Å². The summed E-state index contributed by atoms with van der Waals surface area (Å²) in [5.41, 5.74) is 7.37. The Morgan fingerprint density at radius 3 is 2.78 bits per heavy atom.